The Labute approximate surface area is 103 Å². The lowest BCUT2D eigenvalue weighted by molar-refractivity contribution is 0.440. The van der Waals surface area contributed by atoms with Gasteiger partial charge in [-0.15, -0.1) is 0 Å². The van der Waals surface area contributed by atoms with Crippen molar-refractivity contribution in [2.45, 2.75) is 90.5 Å². The Kier molecular flexibility index (Phi) is 13.0. The maximum atomic E-state index is 3.46. The SMILES string of the molecule is CCCCCCCC[C@H](CCCCC)NC. The van der Waals surface area contributed by atoms with Crippen molar-refractivity contribution < 1.29 is 0 Å². The molecule has 98 valence electrons. The third-order valence-electron chi connectivity index (χ3n) is 3.47. The Morgan fingerprint density at radius 1 is 0.688 bits per heavy atom. The van der Waals surface area contributed by atoms with Crippen LogP contribution in [0.15, 0.2) is 0 Å². The highest BCUT2D eigenvalue weighted by molar-refractivity contribution is 4.64. The van der Waals surface area contributed by atoms with E-state index in [0.29, 0.717) is 0 Å². The van der Waals surface area contributed by atoms with Gasteiger partial charge in [0, 0.05) is 6.04 Å². The first-order chi connectivity index (χ1) is 7.85. The van der Waals surface area contributed by atoms with Crippen LogP contribution in [0.25, 0.3) is 0 Å². The van der Waals surface area contributed by atoms with Crippen molar-refractivity contribution in [3.8, 4) is 0 Å². The van der Waals surface area contributed by atoms with Crippen molar-refractivity contribution >= 4 is 0 Å². The average molecular weight is 227 g/mol. The largest absolute Gasteiger partial charge is 0.317 e. The highest BCUT2D eigenvalue weighted by atomic mass is 14.9. The van der Waals surface area contributed by atoms with E-state index in [1.165, 1.54) is 70.6 Å². The molecule has 0 aromatic heterocycles. The lowest BCUT2D eigenvalue weighted by atomic mass is 10.0. The van der Waals surface area contributed by atoms with Crippen LogP contribution in [0.4, 0.5) is 0 Å². The zero-order valence-electron chi connectivity index (χ0n) is 11.9. The smallest absolute Gasteiger partial charge is 0.00640 e. The number of unbranched alkanes of at least 4 members (excludes halogenated alkanes) is 7. The Morgan fingerprint density at radius 3 is 1.69 bits per heavy atom. The van der Waals surface area contributed by atoms with Gasteiger partial charge in [0.2, 0.25) is 0 Å². The molecule has 0 amide bonds. The maximum absolute atomic E-state index is 3.46. The summed E-state index contributed by atoms with van der Waals surface area (Å²) in [6, 6.07) is 0.776. The second-order valence-electron chi connectivity index (χ2n) is 5.04. The maximum Gasteiger partial charge on any atom is 0.00640 e. The van der Waals surface area contributed by atoms with Gasteiger partial charge < -0.3 is 5.32 Å². The van der Waals surface area contributed by atoms with Crippen molar-refractivity contribution in [3.63, 3.8) is 0 Å². The van der Waals surface area contributed by atoms with Crippen molar-refractivity contribution in [1.82, 2.24) is 5.32 Å². The number of nitrogens with one attached hydrogen (secondary N) is 1. The second kappa shape index (κ2) is 13.0. The fourth-order valence-electron chi connectivity index (χ4n) is 2.24. The summed E-state index contributed by atoms with van der Waals surface area (Å²) in [4.78, 5) is 0. The molecule has 0 rings (SSSR count). The van der Waals surface area contributed by atoms with E-state index < -0.39 is 0 Å². The van der Waals surface area contributed by atoms with Gasteiger partial charge in [-0.3, -0.25) is 0 Å². The Balaban J connectivity index is 3.26. The van der Waals surface area contributed by atoms with Crippen LogP contribution >= 0.6 is 0 Å². The molecule has 0 aromatic carbocycles. The third-order valence-corrected chi connectivity index (χ3v) is 3.47. The molecule has 0 saturated heterocycles. The van der Waals surface area contributed by atoms with E-state index in [9.17, 15) is 0 Å². The molecule has 0 saturated carbocycles. The van der Waals surface area contributed by atoms with E-state index in [-0.39, 0.29) is 0 Å². The van der Waals surface area contributed by atoms with Crippen LogP contribution in [0.3, 0.4) is 0 Å². The molecule has 0 radical (unpaired) electrons. The van der Waals surface area contributed by atoms with Crippen molar-refractivity contribution in [2.24, 2.45) is 0 Å². The quantitative estimate of drug-likeness (QED) is 0.467. The molecular formula is C15H33N. The van der Waals surface area contributed by atoms with Crippen LogP contribution < -0.4 is 5.32 Å². The topological polar surface area (TPSA) is 12.0 Å². The fourth-order valence-corrected chi connectivity index (χ4v) is 2.24. The normalized spacial score (nSPS) is 12.9. The lowest BCUT2D eigenvalue weighted by Crippen LogP contribution is -2.24. The van der Waals surface area contributed by atoms with E-state index in [1.54, 1.807) is 0 Å². The molecule has 1 atom stereocenters. The van der Waals surface area contributed by atoms with Crippen LogP contribution in [-0.2, 0) is 0 Å². The first-order valence-electron chi connectivity index (χ1n) is 7.52. The van der Waals surface area contributed by atoms with Gasteiger partial charge in [-0.05, 0) is 19.9 Å². The molecule has 1 heteroatoms. The molecule has 0 aliphatic rings. The van der Waals surface area contributed by atoms with Crippen LogP contribution in [0, 0.1) is 0 Å². The zero-order valence-corrected chi connectivity index (χ0v) is 11.9. The van der Waals surface area contributed by atoms with E-state index in [4.69, 9.17) is 0 Å². The van der Waals surface area contributed by atoms with Crippen molar-refractivity contribution in [1.29, 1.82) is 0 Å². The summed E-state index contributed by atoms with van der Waals surface area (Å²) < 4.78 is 0. The summed E-state index contributed by atoms with van der Waals surface area (Å²) in [6.45, 7) is 4.56. The number of hydrogen-bond acceptors (Lipinski definition) is 1. The number of hydrogen-bond donors (Lipinski definition) is 1. The Bertz CT molecular complexity index is 123. The molecule has 0 aliphatic heterocycles. The van der Waals surface area contributed by atoms with E-state index in [1.807, 2.05) is 0 Å². The molecule has 0 aromatic rings. The zero-order chi connectivity index (χ0) is 12.1. The predicted molar refractivity (Wildman–Crippen MR) is 75.0 cm³/mol. The Hall–Kier alpha value is -0.0400. The van der Waals surface area contributed by atoms with Gasteiger partial charge >= 0.3 is 0 Å². The molecular weight excluding hydrogens is 194 g/mol. The average Bonchev–Trinajstić information content (AvgIpc) is 2.31. The van der Waals surface area contributed by atoms with Gasteiger partial charge in [0.05, 0.1) is 0 Å². The van der Waals surface area contributed by atoms with Crippen molar-refractivity contribution in [3.05, 3.63) is 0 Å². The van der Waals surface area contributed by atoms with Crippen LogP contribution in [0.5, 0.6) is 0 Å². The monoisotopic (exact) mass is 227 g/mol. The standard InChI is InChI=1S/C15H33N/c1-4-6-8-9-10-12-14-15(16-3)13-11-7-5-2/h15-16H,4-14H2,1-3H3/t15-/m0/s1. The lowest BCUT2D eigenvalue weighted by Gasteiger charge is -2.15. The summed E-state index contributed by atoms with van der Waals surface area (Å²) in [7, 11) is 2.12. The van der Waals surface area contributed by atoms with Gasteiger partial charge in [0.15, 0.2) is 0 Å². The van der Waals surface area contributed by atoms with Gasteiger partial charge in [-0.2, -0.15) is 0 Å². The molecule has 0 spiro atoms. The van der Waals surface area contributed by atoms with E-state index in [2.05, 4.69) is 26.2 Å². The molecule has 0 heterocycles. The summed E-state index contributed by atoms with van der Waals surface area (Å²) in [6.07, 6.45) is 15.4. The van der Waals surface area contributed by atoms with Gasteiger partial charge in [-0.1, -0.05) is 71.6 Å². The minimum atomic E-state index is 0.776. The molecule has 0 fully saturated rings. The summed E-state index contributed by atoms with van der Waals surface area (Å²) in [5.41, 5.74) is 0. The highest BCUT2D eigenvalue weighted by Gasteiger charge is 2.04. The van der Waals surface area contributed by atoms with Crippen molar-refractivity contribution in [2.75, 3.05) is 7.05 Å². The van der Waals surface area contributed by atoms with Gasteiger partial charge in [0.1, 0.15) is 0 Å². The first-order valence-corrected chi connectivity index (χ1v) is 7.52. The molecule has 1 N–H and O–H groups in total. The minimum absolute atomic E-state index is 0.776. The number of rotatable bonds is 12. The van der Waals surface area contributed by atoms with Crippen LogP contribution in [0.1, 0.15) is 84.5 Å². The minimum Gasteiger partial charge on any atom is -0.317 e. The summed E-state index contributed by atoms with van der Waals surface area (Å²) in [5, 5.41) is 3.46. The third kappa shape index (κ3) is 10.5. The van der Waals surface area contributed by atoms with Gasteiger partial charge in [-0.25, -0.2) is 0 Å². The summed E-state index contributed by atoms with van der Waals surface area (Å²) >= 11 is 0. The molecule has 0 aliphatic carbocycles. The predicted octanol–water partition coefficient (Wildman–Crippen LogP) is 4.91. The van der Waals surface area contributed by atoms with E-state index in [0.717, 1.165) is 6.04 Å². The fraction of sp³-hybridized carbons (Fsp3) is 1.00. The highest BCUT2D eigenvalue weighted by Crippen LogP contribution is 2.12. The molecule has 0 unspecified atom stereocenters. The molecule has 0 bridgehead atoms. The first kappa shape index (κ1) is 16.0. The summed E-state index contributed by atoms with van der Waals surface area (Å²) in [5.74, 6) is 0. The molecule has 16 heavy (non-hydrogen) atoms. The second-order valence-corrected chi connectivity index (χ2v) is 5.04. The van der Waals surface area contributed by atoms with Crippen LogP contribution in [0.2, 0.25) is 0 Å². The van der Waals surface area contributed by atoms with E-state index >= 15 is 0 Å². The molecule has 1 nitrogen and oxygen atoms in total. The van der Waals surface area contributed by atoms with Gasteiger partial charge in [0.25, 0.3) is 0 Å². The van der Waals surface area contributed by atoms with Crippen LogP contribution in [-0.4, -0.2) is 13.1 Å². The Morgan fingerprint density at radius 2 is 1.12 bits per heavy atom.